The van der Waals surface area contributed by atoms with Crippen LogP contribution >= 0.6 is 11.3 Å². The van der Waals surface area contributed by atoms with Gasteiger partial charge < -0.3 is 25.0 Å². The maximum atomic E-state index is 14.5. The van der Waals surface area contributed by atoms with E-state index in [0.717, 1.165) is 12.1 Å². The van der Waals surface area contributed by atoms with Gasteiger partial charge in [0.2, 0.25) is 0 Å². The number of hydrogen-bond donors (Lipinski definition) is 5. The van der Waals surface area contributed by atoms with Crippen LogP contribution in [0.3, 0.4) is 0 Å². The molecule has 3 atom stereocenters. The molecule has 0 saturated carbocycles. The van der Waals surface area contributed by atoms with Gasteiger partial charge >= 0.3 is 6.09 Å². The van der Waals surface area contributed by atoms with Crippen LogP contribution in [-0.2, 0) is 9.47 Å². The number of carbonyl (C=O) groups excluding carboxylic acids is 2. The number of aryl methyl sites for hydroxylation is 1. The molecule has 0 radical (unpaired) electrons. The summed E-state index contributed by atoms with van der Waals surface area (Å²) in [4.78, 5) is 30.1. The topological polar surface area (TPSA) is 159 Å². The number of thiazole rings is 1. The van der Waals surface area contributed by atoms with Gasteiger partial charge in [-0.25, -0.2) is 18.6 Å². The fourth-order valence-electron chi connectivity index (χ4n) is 3.93. The van der Waals surface area contributed by atoms with Gasteiger partial charge in [-0.1, -0.05) is 17.4 Å². The van der Waals surface area contributed by atoms with E-state index in [-0.39, 0.29) is 34.4 Å². The van der Waals surface area contributed by atoms with Crippen LogP contribution in [0.4, 0.5) is 24.3 Å². The van der Waals surface area contributed by atoms with Gasteiger partial charge in [-0.3, -0.25) is 15.2 Å². The van der Waals surface area contributed by atoms with Gasteiger partial charge in [0.15, 0.2) is 5.69 Å². The molecular weight excluding hydrogens is 536 g/mol. The third kappa shape index (κ3) is 6.58. The zero-order valence-corrected chi connectivity index (χ0v) is 22.5. The van der Waals surface area contributed by atoms with Crippen LogP contribution in [0.5, 0.6) is 0 Å². The number of hydrogen-bond acceptors (Lipinski definition) is 9. The Morgan fingerprint density at radius 1 is 1.15 bits per heavy atom. The quantitative estimate of drug-likeness (QED) is 0.306. The lowest BCUT2D eigenvalue weighted by Gasteiger charge is -2.19. The molecule has 14 heteroatoms. The first-order valence-corrected chi connectivity index (χ1v) is 12.9. The first-order chi connectivity index (χ1) is 18.3. The number of aliphatic hydroxyl groups is 2. The number of nitrogens with one attached hydrogen (secondary N) is 3. The summed E-state index contributed by atoms with van der Waals surface area (Å²) in [5.41, 5.74) is -0.518. The molecule has 11 nitrogen and oxygen atoms in total. The highest BCUT2D eigenvalue weighted by molar-refractivity contribution is 7.19. The molecule has 2 aromatic heterocycles. The van der Waals surface area contributed by atoms with E-state index in [1.54, 1.807) is 27.7 Å². The molecule has 3 aromatic rings. The van der Waals surface area contributed by atoms with Gasteiger partial charge in [0.25, 0.3) is 5.91 Å². The van der Waals surface area contributed by atoms with Gasteiger partial charge in [0, 0.05) is 0 Å². The van der Waals surface area contributed by atoms with E-state index >= 15 is 0 Å². The Morgan fingerprint density at radius 2 is 1.85 bits per heavy atom. The Bertz CT molecular complexity index is 1340. The Labute approximate surface area is 226 Å². The fourth-order valence-corrected chi connectivity index (χ4v) is 4.93. The second-order valence-electron chi connectivity index (χ2n) is 10.0. The van der Waals surface area contributed by atoms with Crippen molar-refractivity contribution in [3.05, 3.63) is 46.9 Å². The highest BCUT2D eigenvalue weighted by Gasteiger charge is 2.31. The minimum atomic E-state index is -1.05. The molecule has 5 N–H and O–H groups in total. The molecule has 1 aliphatic rings. The number of amides is 2. The zero-order valence-electron chi connectivity index (χ0n) is 21.7. The van der Waals surface area contributed by atoms with Crippen LogP contribution in [0, 0.1) is 18.6 Å². The van der Waals surface area contributed by atoms with E-state index in [9.17, 15) is 28.6 Å². The summed E-state index contributed by atoms with van der Waals surface area (Å²) < 4.78 is 40.0. The maximum absolute atomic E-state index is 14.5. The number of aliphatic hydroxyl groups excluding tert-OH is 2. The van der Waals surface area contributed by atoms with E-state index in [4.69, 9.17) is 9.47 Å². The summed E-state index contributed by atoms with van der Waals surface area (Å²) in [6.45, 7) is 6.49. The average Bonchev–Trinajstić information content (AvgIpc) is 3.35. The van der Waals surface area contributed by atoms with Crippen molar-refractivity contribution in [1.29, 1.82) is 0 Å². The Morgan fingerprint density at radius 3 is 2.51 bits per heavy atom. The lowest BCUT2D eigenvalue weighted by Crippen LogP contribution is -2.28. The van der Waals surface area contributed by atoms with Crippen molar-refractivity contribution in [2.24, 2.45) is 0 Å². The third-order valence-corrected chi connectivity index (χ3v) is 6.79. The molecule has 3 unspecified atom stereocenters. The lowest BCUT2D eigenvalue weighted by molar-refractivity contribution is -0.0354. The van der Waals surface area contributed by atoms with E-state index in [1.165, 1.54) is 6.07 Å². The normalized spacial score (nSPS) is 19.8. The predicted octanol–water partition coefficient (Wildman–Crippen LogP) is 4.29. The number of benzene rings is 1. The molecule has 1 saturated heterocycles. The van der Waals surface area contributed by atoms with Crippen molar-refractivity contribution in [3.8, 4) is 10.6 Å². The summed E-state index contributed by atoms with van der Waals surface area (Å²) in [6, 6.07) is 3.32. The van der Waals surface area contributed by atoms with E-state index in [0.29, 0.717) is 29.1 Å². The lowest BCUT2D eigenvalue weighted by atomic mass is 10.1. The Kier molecular flexibility index (Phi) is 8.30. The molecule has 0 aliphatic carbocycles. The van der Waals surface area contributed by atoms with Crippen LogP contribution < -0.4 is 10.6 Å². The number of anilines is 2. The molecule has 0 spiro atoms. The molecule has 1 aliphatic heterocycles. The van der Waals surface area contributed by atoms with Gasteiger partial charge in [0.1, 0.15) is 39.5 Å². The Balaban J connectivity index is 1.67. The number of nitrogens with zero attached hydrogens (tertiary/aromatic N) is 2. The number of ether oxygens (including phenoxy) is 2. The standard InChI is InChI=1S/C25H29F2N5O6S/c1-11-18(19(32-31-11)16-9-8-14(33)15(34)10-37-16)28-21(35)20-23(30-24(36)38-25(2,3)4)39-22(29-20)17-12(26)6-5-7-13(17)27/h5-7,14-16,33-34H,8-10H2,1-4H3,(H,28,35)(H,30,36)(H,31,32). The fraction of sp³-hybridized carbons (Fsp3) is 0.440. The Hall–Kier alpha value is -3.46. The molecule has 3 heterocycles. The van der Waals surface area contributed by atoms with E-state index in [1.807, 2.05) is 0 Å². The van der Waals surface area contributed by atoms with Crippen LogP contribution in [0.1, 0.15) is 61.6 Å². The summed E-state index contributed by atoms with van der Waals surface area (Å²) in [6.07, 6.45) is -2.92. The van der Waals surface area contributed by atoms with Crippen LogP contribution in [-0.4, -0.2) is 61.8 Å². The number of rotatable bonds is 5. The summed E-state index contributed by atoms with van der Waals surface area (Å²) in [5.74, 6) is -2.57. The van der Waals surface area contributed by atoms with Crippen molar-refractivity contribution < 1.29 is 38.1 Å². The maximum Gasteiger partial charge on any atom is 0.412 e. The monoisotopic (exact) mass is 565 g/mol. The molecule has 210 valence electrons. The predicted molar refractivity (Wildman–Crippen MR) is 139 cm³/mol. The summed E-state index contributed by atoms with van der Waals surface area (Å²) >= 11 is 0.708. The molecule has 1 aromatic carbocycles. The average molecular weight is 566 g/mol. The second-order valence-corrected chi connectivity index (χ2v) is 11.0. The highest BCUT2D eigenvalue weighted by atomic mass is 32.1. The van der Waals surface area contributed by atoms with Crippen LogP contribution in [0.2, 0.25) is 0 Å². The minimum absolute atomic E-state index is 0.0842. The summed E-state index contributed by atoms with van der Waals surface area (Å²) in [5, 5.41) is 31.8. The van der Waals surface area contributed by atoms with Crippen LogP contribution in [0.25, 0.3) is 10.6 Å². The number of aromatic amines is 1. The zero-order chi connectivity index (χ0) is 28.5. The number of halogens is 2. The number of aromatic nitrogens is 3. The van der Waals surface area contributed by atoms with Gasteiger partial charge in [-0.15, -0.1) is 0 Å². The smallest absolute Gasteiger partial charge is 0.412 e. The summed E-state index contributed by atoms with van der Waals surface area (Å²) in [7, 11) is 0. The minimum Gasteiger partial charge on any atom is -0.444 e. The number of H-pyrrole nitrogens is 1. The highest BCUT2D eigenvalue weighted by Crippen LogP contribution is 2.37. The molecule has 4 rings (SSSR count). The van der Waals surface area contributed by atoms with Crippen molar-refractivity contribution in [2.45, 2.75) is 64.4 Å². The van der Waals surface area contributed by atoms with Crippen LogP contribution in [0.15, 0.2) is 18.2 Å². The third-order valence-electron chi connectivity index (χ3n) is 5.81. The number of carbonyl (C=O) groups is 2. The molecule has 1 fully saturated rings. The van der Waals surface area contributed by atoms with Gasteiger partial charge in [-0.2, -0.15) is 5.10 Å². The van der Waals surface area contributed by atoms with Crippen molar-refractivity contribution in [3.63, 3.8) is 0 Å². The largest absolute Gasteiger partial charge is 0.444 e. The first kappa shape index (κ1) is 28.5. The van der Waals surface area contributed by atoms with E-state index < -0.39 is 53.1 Å². The van der Waals surface area contributed by atoms with Crippen molar-refractivity contribution >= 4 is 34.0 Å². The second kappa shape index (κ2) is 11.3. The van der Waals surface area contributed by atoms with Crippen molar-refractivity contribution in [2.75, 3.05) is 17.2 Å². The van der Waals surface area contributed by atoms with Gasteiger partial charge in [0.05, 0.1) is 35.3 Å². The molecule has 39 heavy (non-hydrogen) atoms. The van der Waals surface area contributed by atoms with Gasteiger partial charge in [-0.05, 0) is 52.7 Å². The van der Waals surface area contributed by atoms with E-state index in [2.05, 4.69) is 25.8 Å². The molecule has 0 bridgehead atoms. The first-order valence-electron chi connectivity index (χ1n) is 12.1. The molecule has 2 amide bonds. The molecular formula is C25H29F2N5O6S. The SMILES string of the molecule is Cc1n[nH]c(C2CCC(O)C(O)CO2)c1NC(=O)c1nc(-c2c(F)cccc2F)sc1NC(=O)OC(C)(C)C. The van der Waals surface area contributed by atoms with Crippen molar-refractivity contribution in [1.82, 2.24) is 15.2 Å².